The lowest BCUT2D eigenvalue weighted by atomic mass is 9.33. The summed E-state index contributed by atoms with van der Waals surface area (Å²) in [4.78, 5) is 5.09. The molecule has 2 aliphatic heterocycles. The second-order valence-electron chi connectivity index (χ2n) is 20.2. The summed E-state index contributed by atoms with van der Waals surface area (Å²) in [6.07, 6.45) is 0. The number of hydrogen-bond acceptors (Lipinski definition) is 3. The maximum atomic E-state index is 6.54. The highest BCUT2D eigenvalue weighted by molar-refractivity contribution is 7.00. The molecule has 4 heteroatoms. The van der Waals surface area contributed by atoms with Crippen LogP contribution in [-0.4, -0.2) is 6.71 Å². The first-order valence-corrected chi connectivity index (χ1v) is 23.3. The van der Waals surface area contributed by atoms with E-state index in [1.54, 1.807) is 0 Å². The zero-order valence-corrected chi connectivity index (χ0v) is 38.4. The van der Waals surface area contributed by atoms with Gasteiger partial charge in [0.25, 0.3) is 6.71 Å². The Balaban J connectivity index is 1.11. The number of rotatable bonds is 5. The van der Waals surface area contributed by atoms with Gasteiger partial charge in [-0.15, -0.1) is 0 Å². The topological polar surface area (TPSA) is 19.6 Å². The van der Waals surface area contributed by atoms with E-state index >= 15 is 0 Å². The monoisotopic (exact) mass is 850 g/mol. The first-order valence-electron chi connectivity index (χ1n) is 23.3. The molecule has 318 valence electrons. The molecular formula is C62H51BN2O. The van der Waals surface area contributed by atoms with Crippen LogP contribution in [0.25, 0.3) is 55.3 Å². The molecule has 0 unspecified atom stereocenters. The third-order valence-corrected chi connectivity index (χ3v) is 14.0. The summed E-state index contributed by atoms with van der Waals surface area (Å²) in [5.74, 6) is 0. The SMILES string of the molecule is CC(C)(C)c1ccc2c(c1)N(c1ccc(-c3cccc4c3oc3ccccc34)cc1)c1cc(C(C)(C)C)cc3c1B2c1cc(-c2ccccc2)ccc1N3c1ccc(-c2ccccc2)cc1. The van der Waals surface area contributed by atoms with Crippen molar-refractivity contribution in [1.29, 1.82) is 0 Å². The molecule has 66 heavy (non-hydrogen) atoms. The van der Waals surface area contributed by atoms with Crippen LogP contribution in [0.2, 0.25) is 0 Å². The van der Waals surface area contributed by atoms with Gasteiger partial charge in [-0.1, -0.05) is 187 Å². The Hall–Kier alpha value is -7.56. The largest absolute Gasteiger partial charge is 0.455 e. The lowest BCUT2D eigenvalue weighted by molar-refractivity contribution is 0.590. The number of benzene rings is 9. The quantitative estimate of drug-likeness (QED) is 0.161. The Bertz CT molecular complexity index is 3480. The van der Waals surface area contributed by atoms with Crippen molar-refractivity contribution in [2.75, 3.05) is 9.80 Å². The molecule has 0 bridgehead atoms. The second kappa shape index (κ2) is 15.0. The molecule has 0 amide bonds. The van der Waals surface area contributed by atoms with Crippen LogP contribution in [0.4, 0.5) is 34.1 Å². The van der Waals surface area contributed by atoms with E-state index in [0.29, 0.717) is 0 Å². The van der Waals surface area contributed by atoms with Gasteiger partial charge in [-0.3, -0.25) is 0 Å². The normalized spacial score (nSPS) is 13.2. The summed E-state index contributed by atoms with van der Waals surface area (Å²) < 4.78 is 6.54. The zero-order valence-electron chi connectivity index (χ0n) is 38.4. The van der Waals surface area contributed by atoms with Crippen LogP contribution in [0.3, 0.4) is 0 Å². The van der Waals surface area contributed by atoms with Gasteiger partial charge in [0.15, 0.2) is 0 Å². The number of nitrogens with zero attached hydrogens (tertiary/aromatic N) is 2. The number of furan rings is 1. The average Bonchev–Trinajstić information content (AvgIpc) is 3.73. The highest BCUT2D eigenvalue weighted by atomic mass is 16.3. The summed E-state index contributed by atoms with van der Waals surface area (Å²) >= 11 is 0. The molecule has 0 fully saturated rings. The molecule has 1 aromatic heterocycles. The molecule has 12 rings (SSSR count). The number of anilines is 6. The summed E-state index contributed by atoms with van der Waals surface area (Å²) in [6, 6.07) is 74.1. The highest BCUT2D eigenvalue weighted by Crippen LogP contribution is 2.48. The van der Waals surface area contributed by atoms with Crippen molar-refractivity contribution in [1.82, 2.24) is 0 Å². The Labute approximate surface area is 388 Å². The molecule has 0 saturated heterocycles. The van der Waals surface area contributed by atoms with Gasteiger partial charge in [0.05, 0.1) is 0 Å². The fraction of sp³-hybridized carbons (Fsp3) is 0.129. The molecule has 0 atom stereocenters. The second-order valence-corrected chi connectivity index (χ2v) is 20.2. The Morgan fingerprint density at radius 3 is 1.56 bits per heavy atom. The Kier molecular flexibility index (Phi) is 9.09. The van der Waals surface area contributed by atoms with Crippen molar-refractivity contribution >= 4 is 79.2 Å². The van der Waals surface area contributed by atoms with Gasteiger partial charge in [0, 0.05) is 50.5 Å². The average molecular weight is 851 g/mol. The molecule has 3 heterocycles. The van der Waals surface area contributed by atoms with Crippen LogP contribution in [0.15, 0.2) is 205 Å². The third-order valence-electron chi connectivity index (χ3n) is 14.0. The minimum absolute atomic E-state index is 0.00671. The molecule has 3 nitrogen and oxygen atoms in total. The van der Waals surface area contributed by atoms with Crippen molar-refractivity contribution in [3.05, 3.63) is 211 Å². The molecule has 9 aromatic carbocycles. The molecule has 0 N–H and O–H groups in total. The maximum absolute atomic E-state index is 6.54. The lowest BCUT2D eigenvalue weighted by Crippen LogP contribution is -2.61. The van der Waals surface area contributed by atoms with E-state index in [9.17, 15) is 0 Å². The van der Waals surface area contributed by atoms with Gasteiger partial charge in [-0.05, 0) is 121 Å². The first kappa shape index (κ1) is 40.0. The number of para-hydroxylation sites is 2. The van der Waals surface area contributed by atoms with E-state index < -0.39 is 0 Å². The summed E-state index contributed by atoms with van der Waals surface area (Å²) in [6.45, 7) is 14.0. The van der Waals surface area contributed by atoms with Gasteiger partial charge in [-0.25, -0.2) is 0 Å². The molecule has 0 saturated carbocycles. The standard InChI is InChI=1S/C62H51BN2O/c1-61(2,3)45-29-34-52-55(37-45)65(48-32-26-43(27-33-48)49-21-15-22-51-50-20-13-14-23-58(50)66-60(49)51)57-39-46(62(4,5)6)38-56-59(57)63(52)53-36-44(41-18-11-8-12-19-41)28-35-54(53)64(56)47-30-24-42(25-31-47)40-16-9-7-10-17-40/h7-39H,1-6H3. The molecular weight excluding hydrogens is 800 g/mol. The van der Waals surface area contributed by atoms with E-state index in [-0.39, 0.29) is 17.5 Å². The van der Waals surface area contributed by atoms with E-state index in [1.807, 2.05) is 6.07 Å². The van der Waals surface area contributed by atoms with Crippen LogP contribution in [0, 0.1) is 0 Å². The summed E-state index contributed by atoms with van der Waals surface area (Å²) in [7, 11) is 0. The Morgan fingerprint density at radius 2 is 0.909 bits per heavy atom. The van der Waals surface area contributed by atoms with Crippen molar-refractivity contribution in [2.45, 2.75) is 52.4 Å². The van der Waals surface area contributed by atoms with Gasteiger partial charge < -0.3 is 14.2 Å². The molecule has 2 aliphatic rings. The van der Waals surface area contributed by atoms with Gasteiger partial charge in [0.2, 0.25) is 0 Å². The minimum Gasteiger partial charge on any atom is -0.455 e. The van der Waals surface area contributed by atoms with E-state index in [0.717, 1.165) is 44.4 Å². The fourth-order valence-electron chi connectivity index (χ4n) is 10.5. The maximum Gasteiger partial charge on any atom is 0.252 e. The molecule has 0 spiro atoms. The highest BCUT2D eigenvalue weighted by Gasteiger charge is 2.44. The summed E-state index contributed by atoms with van der Waals surface area (Å²) in [5, 5.41) is 2.28. The summed E-state index contributed by atoms with van der Waals surface area (Å²) in [5.41, 5.74) is 22.4. The zero-order chi connectivity index (χ0) is 44.9. The van der Waals surface area contributed by atoms with Crippen LogP contribution in [-0.2, 0) is 10.8 Å². The molecule has 0 aliphatic carbocycles. The van der Waals surface area contributed by atoms with E-state index in [1.165, 1.54) is 72.5 Å². The minimum atomic E-state index is -0.129. The number of hydrogen-bond donors (Lipinski definition) is 0. The molecule has 0 radical (unpaired) electrons. The van der Waals surface area contributed by atoms with Crippen molar-refractivity contribution in [3.8, 4) is 33.4 Å². The van der Waals surface area contributed by atoms with Crippen molar-refractivity contribution in [2.24, 2.45) is 0 Å². The van der Waals surface area contributed by atoms with E-state index in [4.69, 9.17) is 4.42 Å². The van der Waals surface area contributed by atoms with Crippen LogP contribution in [0.5, 0.6) is 0 Å². The molecule has 10 aromatic rings. The van der Waals surface area contributed by atoms with Crippen LogP contribution < -0.4 is 26.2 Å². The van der Waals surface area contributed by atoms with Gasteiger partial charge in [0.1, 0.15) is 11.2 Å². The van der Waals surface area contributed by atoms with Gasteiger partial charge in [-0.2, -0.15) is 0 Å². The number of fused-ring (bicyclic) bond motifs is 7. The lowest BCUT2D eigenvalue weighted by Gasteiger charge is -2.45. The van der Waals surface area contributed by atoms with Crippen LogP contribution in [0.1, 0.15) is 52.7 Å². The Morgan fingerprint density at radius 1 is 0.379 bits per heavy atom. The van der Waals surface area contributed by atoms with E-state index in [2.05, 4.69) is 245 Å². The third kappa shape index (κ3) is 6.50. The van der Waals surface area contributed by atoms with Gasteiger partial charge >= 0.3 is 0 Å². The predicted molar refractivity (Wildman–Crippen MR) is 281 cm³/mol. The fourth-order valence-corrected chi connectivity index (χ4v) is 10.5. The predicted octanol–water partition coefficient (Wildman–Crippen LogP) is 15.3. The van der Waals surface area contributed by atoms with Crippen molar-refractivity contribution in [3.63, 3.8) is 0 Å². The van der Waals surface area contributed by atoms with Crippen molar-refractivity contribution < 1.29 is 4.42 Å². The smallest absolute Gasteiger partial charge is 0.252 e. The first-order chi connectivity index (χ1) is 32.0. The van der Waals surface area contributed by atoms with Crippen LogP contribution >= 0.6 is 0 Å².